The second kappa shape index (κ2) is 10.6. The summed E-state index contributed by atoms with van der Waals surface area (Å²) in [6.07, 6.45) is 6.65. The average molecular weight is 513 g/mol. The first-order valence-electron chi connectivity index (χ1n) is 12.5. The molecule has 0 saturated heterocycles. The van der Waals surface area contributed by atoms with E-state index in [2.05, 4.69) is 58.3 Å². The number of imidazole rings is 1. The minimum absolute atomic E-state index is 0.0925. The molecule has 0 aliphatic heterocycles. The number of benzene rings is 2. The molecule has 2 aromatic heterocycles. The Labute approximate surface area is 222 Å². The van der Waals surface area contributed by atoms with Gasteiger partial charge in [-0.1, -0.05) is 41.4 Å². The fourth-order valence-electron chi connectivity index (χ4n) is 4.54. The molecule has 1 unspecified atom stereocenters. The maximum absolute atomic E-state index is 9.43. The molecule has 5 rings (SSSR count). The molecule has 8 heteroatoms. The number of nitriles is 1. The molecule has 188 valence electrons. The number of fused-ring (bicyclic) bond motifs is 1. The third-order valence-electron chi connectivity index (χ3n) is 6.74. The maximum Gasteiger partial charge on any atom is 0.234 e. The zero-order valence-corrected chi connectivity index (χ0v) is 21.8. The largest absolute Gasteiger partial charge is 0.493 e. The summed E-state index contributed by atoms with van der Waals surface area (Å²) >= 11 is 6.18. The Hall–Kier alpha value is -3.89. The standard InChI is InChI=1S/C29H29ClN6O/c1-4-5-14-37-26-13-6-19(2)15-24(26)29-34-28-25(17-32-27(16-31)33-28)36(29)35(20(3)22-9-10-22)18-21-7-11-23(30)12-8-21/h4,6-8,11-13,15,17,20,22H,1,5,9-10,14,18H2,2-3H3. The highest BCUT2D eigenvalue weighted by Gasteiger charge is 2.35. The second-order valence-corrected chi connectivity index (χ2v) is 9.93. The van der Waals surface area contributed by atoms with Crippen LogP contribution in [0.1, 0.15) is 43.1 Å². The number of halogens is 1. The SMILES string of the molecule is C=CCCOc1ccc(C)cc1-c1nc2nc(C#N)ncc2n1N(Cc1ccc(Cl)cc1)C(C)C1CC1. The summed E-state index contributed by atoms with van der Waals surface area (Å²) in [5.74, 6) is 2.12. The summed E-state index contributed by atoms with van der Waals surface area (Å²) < 4.78 is 8.28. The molecule has 1 saturated carbocycles. The van der Waals surface area contributed by atoms with Crippen LogP contribution in [-0.2, 0) is 6.54 Å². The second-order valence-electron chi connectivity index (χ2n) is 9.49. The van der Waals surface area contributed by atoms with Gasteiger partial charge in [-0.3, -0.25) is 0 Å². The van der Waals surface area contributed by atoms with Crippen molar-refractivity contribution in [2.24, 2.45) is 5.92 Å². The van der Waals surface area contributed by atoms with Crippen LogP contribution in [0.15, 0.2) is 61.3 Å². The first kappa shape index (κ1) is 24.8. The summed E-state index contributed by atoms with van der Waals surface area (Å²) in [5, 5.41) is 12.5. The van der Waals surface area contributed by atoms with Gasteiger partial charge in [-0.25, -0.2) is 14.6 Å². The molecule has 2 heterocycles. The van der Waals surface area contributed by atoms with Gasteiger partial charge in [0.05, 0.1) is 24.9 Å². The Morgan fingerprint density at radius 3 is 2.73 bits per heavy atom. The number of aryl methyl sites for hydroxylation is 1. The van der Waals surface area contributed by atoms with E-state index < -0.39 is 0 Å². The summed E-state index contributed by atoms with van der Waals surface area (Å²) in [6, 6.07) is 16.3. The molecule has 1 aliphatic carbocycles. The van der Waals surface area contributed by atoms with Gasteiger partial charge in [0.2, 0.25) is 5.82 Å². The maximum atomic E-state index is 9.43. The number of rotatable bonds is 10. The van der Waals surface area contributed by atoms with Gasteiger partial charge in [0.25, 0.3) is 0 Å². The Morgan fingerprint density at radius 2 is 2.03 bits per heavy atom. The van der Waals surface area contributed by atoms with Crippen molar-refractivity contribution in [3.05, 3.63) is 83.3 Å². The molecule has 1 atom stereocenters. The van der Waals surface area contributed by atoms with Gasteiger partial charge in [0, 0.05) is 11.1 Å². The minimum atomic E-state index is 0.0925. The number of hydrogen-bond acceptors (Lipinski definition) is 6. The van der Waals surface area contributed by atoms with Gasteiger partial charge in [-0.2, -0.15) is 10.2 Å². The molecule has 0 spiro atoms. The van der Waals surface area contributed by atoms with Crippen LogP contribution in [0.3, 0.4) is 0 Å². The van der Waals surface area contributed by atoms with Gasteiger partial charge >= 0.3 is 0 Å². The Bertz CT molecular complexity index is 1470. The molecule has 2 aromatic carbocycles. The molecule has 7 nitrogen and oxygen atoms in total. The number of ether oxygens (including phenoxy) is 1. The Kier molecular flexibility index (Phi) is 7.11. The molecular weight excluding hydrogens is 484 g/mol. The number of nitrogens with zero attached hydrogens (tertiary/aromatic N) is 6. The van der Waals surface area contributed by atoms with Crippen molar-refractivity contribution in [1.82, 2.24) is 19.6 Å². The molecule has 0 bridgehead atoms. The highest BCUT2D eigenvalue weighted by Crippen LogP contribution is 2.38. The van der Waals surface area contributed by atoms with E-state index in [1.165, 1.54) is 12.8 Å². The van der Waals surface area contributed by atoms with E-state index >= 15 is 0 Å². The summed E-state index contributed by atoms with van der Waals surface area (Å²) in [5.41, 5.74) is 4.31. The number of aromatic nitrogens is 4. The van der Waals surface area contributed by atoms with Crippen molar-refractivity contribution >= 4 is 22.8 Å². The third kappa shape index (κ3) is 5.30. The molecule has 0 N–H and O–H groups in total. The van der Waals surface area contributed by atoms with E-state index in [4.69, 9.17) is 21.3 Å². The lowest BCUT2D eigenvalue weighted by Gasteiger charge is -2.34. The van der Waals surface area contributed by atoms with Crippen molar-refractivity contribution in [2.45, 2.75) is 45.7 Å². The normalized spacial score (nSPS) is 13.8. The van der Waals surface area contributed by atoms with E-state index in [1.807, 2.05) is 36.4 Å². The van der Waals surface area contributed by atoms with Crippen molar-refractivity contribution in [3.8, 4) is 23.2 Å². The molecular formula is C29H29ClN6O. The van der Waals surface area contributed by atoms with Crippen molar-refractivity contribution in [3.63, 3.8) is 0 Å². The molecule has 0 amide bonds. The zero-order chi connectivity index (χ0) is 25.9. The zero-order valence-electron chi connectivity index (χ0n) is 21.1. The van der Waals surface area contributed by atoms with Crippen LogP contribution in [-0.4, -0.2) is 32.3 Å². The van der Waals surface area contributed by atoms with Crippen LogP contribution in [0.2, 0.25) is 5.02 Å². The fraction of sp³-hybridized carbons (Fsp3) is 0.310. The fourth-order valence-corrected chi connectivity index (χ4v) is 4.67. The first-order valence-corrected chi connectivity index (χ1v) is 12.9. The van der Waals surface area contributed by atoms with Crippen LogP contribution in [0.5, 0.6) is 5.75 Å². The molecule has 4 aromatic rings. The highest BCUT2D eigenvalue weighted by atomic mass is 35.5. The van der Waals surface area contributed by atoms with Crippen LogP contribution >= 0.6 is 11.6 Å². The van der Waals surface area contributed by atoms with E-state index in [0.717, 1.165) is 34.4 Å². The Balaban J connectivity index is 1.71. The first-order chi connectivity index (χ1) is 18.0. The third-order valence-corrected chi connectivity index (χ3v) is 6.99. The Morgan fingerprint density at radius 1 is 1.24 bits per heavy atom. The summed E-state index contributed by atoms with van der Waals surface area (Å²) in [6.45, 7) is 9.27. The highest BCUT2D eigenvalue weighted by molar-refractivity contribution is 6.30. The van der Waals surface area contributed by atoms with E-state index in [0.29, 0.717) is 35.6 Å². The van der Waals surface area contributed by atoms with Crippen LogP contribution in [0.4, 0.5) is 0 Å². The molecule has 1 fully saturated rings. The van der Waals surface area contributed by atoms with E-state index in [-0.39, 0.29) is 11.9 Å². The lowest BCUT2D eigenvalue weighted by Crippen LogP contribution is -2.43. The smallest absolute Gasteiger partial charge is 0.234 e. The van der Waals surface area contributed by atoms with Crippen molar-refractivity contribution in [2.75, 3.05) is 11.6 Å². The average Bonchev–Trinajstić information content (AvgIpc) is 3.69. The molecule has 37 heavy (non-hydrogen) atoms. The molecule has 1 aliphatic rings. The predicted octanol–water partition coefficient (Wildman–Crippen LogP) is 6.22. The van der Waals surface area contributed by atoms with Crippen molar-refractivity contribution < 1.29 is 4.74 Å². The quantitative estimate of drug-likeness (QED) is 0.185. The minimum Gasteiger partial charge on any atom is -0.493 e. The van der Waals surface area contributed by atoms with Crippen LogP contribution in [0, 0.1) is 24.2 Å². The van der Waals surface area contributed by atoms with Gasteiger partial charge < -0.3 is 9.75 Å². The molecule has 0 radical (unpaired) electrons. The van der Waals surface area contributed by atoms with Crippen molar-refractivity contribution in [1.29, 1.82) is 5.26 Å². The van der Waals surface area contributed by atoms with Gasteiger partial charge in [-0.05, 0) is 68.9 Å². The summed E-state index contributed by atoms with van der Waals surface area (Å²) in [7, 11) is 0. The van der Waals surface area contributed by atoms with E-state index in [9.17, 15) is 5.26 Å². The monoisotopic (exact) mass is 512 g/mol. The lowest BCUT2D eigenvalue weighted by molar-refractivity contribution is 0.326. The summed E-state index contributed by atoms with van der Waals surface area (Å²) in [4.78, 5) is 13.7. The van der Waals surface area contributed by atoms with Gasteiger partial charge in [0.1, 0.15) is 17.3 Å². The van der Waals surface area contributed by atoms with Gasteiger partial charge in [0.15, 0.2) is 11.5 Å². The van der Waals surface area contributed by atoms with E-state index in [1.54, 1.807) is 6.20 Å². The van der Waals surface area contributed by atoms with Crippen LogP contribution < -0.4 is 9.75 Å². The predicted molar refractivity (Wildman–Crippen MR) is 146 cm³/mol. The number of hydrogen-bond donors (Lipinski definition) is 0. The van der Waals surface area contributed by atoms with Gasteiger partial charge in [-0.15, -0.1) is 6.58 Å². The lowest BCUT2D eigenvalue weighted by atomic mass is 10.1. The topological polar surface area (TPSA) is 79.9 Å². The van der Waals surface area contributed by atoms with Crippen LogP contribution in [0.25, 0.3) is 22.6 Å².